The van der Waals surface area contributed by atoms with E-state index in [9.17, 15) is 17.6 Å². The number of nitrogens with one attached hydrogen (secondary N) is 1. The molecular weight excluding hydrogens is 453 g/mol. The maximum atomic E-state index is 14.0. The maximum Gasteiger partial charge on any atom is 0.245 e. The van der Waals surface area contributed by atoms with Gasteiger partial charge in [0.1, 0.15) is 10.7 Å². The van der Waals surface area contributed by atoms with Gasteiger partial charge >= 0.3 is 0 Å². The van der Waals surface area contributed by atoms with E-state index in [0.29, 0.717) is 19.4 Å². The van der Waals surface area contributed by atoms with Gasteiger partial charge < -0.3 is 5.32 Å². The lowest BCUT2D eigenvalue weighted by molar-refractivity contribution is -0.126. The Morgan fingerprint density at radius 1 is 0.941 bits per heavy atom. The second-order valence-corrected chi connectivity index (χ2v) is 11.5. The molecule has 2 aliphatic rings. The summed E-state index contributed by atoms with van der Waals surface area (Å²) in [6.07, 6.45) is 3.30. The molecule has 1 N–H and O–H groups in total. The molecule has 2 aromatic carbocycles. The van der Waals surface area contributed by atoms with Crippen molar-refractivity contribution in [2.24, 2.45) is 11.8 Å². The van der Waals surface area contributed by atoms with Crippen LogP contribution < -0.4 is 5.32 Å². The van der Waals surface area contributed by atoms with Crippen molar-refractivity contribution in [2.45, 2.75) is 50.6 Å². The molecule has 184 valence electrons. The van der Waals surface area contributed by atoms with Crippen LogP contribution >= 0.6 is 0 Å². The largest absolute Gasteiger partial charge is 0.352 e. The molecule has 1 amide bonds. The number of nitrogens with zero attached hydrogens (tertiary/aromatic N) is 2. The van der Waals surface area contributed by atoms with E-state index in [1.165, 1.54) is 40.9 Å². The molecule has 2 fully saturated rings. The van der Waals surface area contributed by atoms with Crippen LogP contribution in [-0.2, 0) is 27.9 Å². The Morgan fingerprint density at radius 2 is 1.56 bits per heavy atom. The minimum absolute atomic E-state index is 0.0514. The first-order chi connectivity index (χ1) is 16.3. The zero-order valence-corrected chi connectivity index (χ0v) is 20.6. The molecule has 0 atom stereocenters. The van der Waals surface area contributed by atoms with Crippen molar-refractivity contribution in [2.75, 3.05) is 26.2 Å². The van der Waals surface area contributed by atoms with Crippen LogP contribution in [0.3, 0.4) is 0 Å². The predicted octanol–water partition coefficient (Wildman–Crippen LogP) is 3.77. The zero-order chi connectivity index (χ0) is 24.1. The van der Waals surface area contributed by atoms with E-state index in [0.717, 1.165) is 37.2 Å². The molecule has 0 aromatic heterocycles. The average molecular weight is 488 g/mol. The average Bonchev–Trinajstić information content (AvgIpc) is 2.85. The first kappa shape index (κ1) is 24.8. The molecule has 2 aliphatic heterocycles. The quantitative estimate of drug-likeness (QED) is 0.646. The van der Waals surface area contributed by atoms with Gasteiger partial charge in [0, 0.05) is 32.1 Å². The zero-order valence-electron chi connectivity index (χ0n) is 19.7. The molecule has 0 saturated carbocycles. The van der Waals surface area contributed by atoms with Crippen molar-refractivity contribution in [3.63, 3.8) is 0 Å². The van der Waals surface area contributed by atoms with Crippen molar-refractivity contribution in [3.8, 4) is 0 Å². The Kier molecular flexibility index (Phi) is 8.01. The van der Waals surface area contributed by atoms with E-state index in [1.807, 2.05) is 12.1 Å². The molecule has 2 saturated heterocycles. The number of benzene rings is 2. The van der Waals surface area contributed by atoms with Crippen molar-refractivity contribution in [1.82, 2.24) is 14.5 Å². The first-order valence-corrected chi connectivity index (χ1v) is 13.6. The highest BCUT2D eigenvalue weighted by Crippen LogP contribution is 2.26. The lowest BCUT2D eigenvalue weighted by Gasteiger charge is -2.31. The van der Waals surface area contributed by atoms with E-state index < -0.39 is 15.8 Å². The molecule has 0 spiro atoms. The normalized spacial score (nSPS) is 19.2. The van der Waals surface area contributed by atoms with Crippen LogP contribution in [0, 0.1) is 17.7 Å². The number of amides is 1. The minimum Gasteiger partial charge on any atom is -0.352 e. The fraction of sp³-hybridized carbons (Fsp3) is 0.500. The number of sulfonamides is 1. The number of hydrogen-bond donors (Lipinski definition) is 1. The first-order valence-electron chi connectivity index (χ1n) is 12.2. The van der Waals surface area contributed by atoms with Gasteiger partial charge in [0.2, 0.25) is 15.9 Å². The highest BCUT2D eigenvalue weighted by atomic mass is 32.2. The molecule has 8 heteroatoms. The van der Waals surface area contributed by atoms with Crippen molar-refractivity contribution in [3.05, 3.63) is 65.5 Å². The summed E-state index contributed by atoms with van der Waals surface area (Å²) in [7, 11) is -3.90. The van der Waals surface area contributed by atoms with Crippen LogP contribution in [0.25, 0.3) is 0 Å². The number of piperidine rings is 2. The van der Waals surface area contributed by atoms with Crippen molar-refractivity contribution in [1.29, 1.82) is 0 Å². The molecule has 0 bridgehead atoms. The number of likely N-dealkylation sites (tertiary alicyclic amines) is 1. The maximum absolute atomic E-state index is 14.0. The van der Waals surface area contributed by atoms with E-state index in [1.54, 1.807) is 0 Å². The Morgan fingerprint density at radius 3 is 2.24 bits per heavy atom. The molecule has 34 heavy (non-hydrogen) atoms. The summed E-state index contributed by atoms with van der Waals surface area (Å²) < 4.78 is 40.9. The van der Waals surface area contributed by atoms with E-state index in [-0.39, 0.29) is 29.8 Å². The highest BCUT2D eigenvalue weighted by molar-refractivity contribution is 7.89. The summed E-state index contributed by atoms with van der Waals surface area (Å²) in [5.41, 5.74) is 2.36. The topological polar surface area (TPSA) is 69.7 Å². The van der Waals surface area contributed by atoms with Gasteiger partial charge in [-0.15, -0.1) is 0 Å². The fourth-order valence-electron chi connectivity index (χ4n) is 4.82. The van der Waals surface area contributed by atoms with Crippen molar-refractivity contribution < 1.29 is 17.6 Å². The van der Waals surface area contributed by atoms with Gasteiger partial charge in [-0.2, -0.15) is 4.31 Å². The molecule has 2 heterocycles. The third kappa shape index (κ3) is 5.85. The Bertz CT molecular complexity index is 1090. The molecule has 0 radical (unpaired) electrons. The fourth-order valence-corrected chi connectivity index (χ4v) is 6.36. The molecule has 0 unspecified atom stereocenters. The van der Waals surface area contributed by atoms with E-state index >= 15 is 0 Å². The number of rotatable bonds is 7. The smallest absolute Gasteiger partial charge is 0.245 e. The van der Waals surface area contributed by atoms with Gasteiger partial charge in [0.15, 0.2) is 0 Å². The van der Waals surface area contributed by atoms with Crippen LogP contribution in [0.2, 0.25) is 0 Å². The predicted molar refractivity (Wildman–Crippen MR) is 130 cm³/mol. The lowest BCUT2D eigenvalue weighted by atomic mass is 9.96. The SMILES string of the molecule is CC1CCN(Cc2ccccc2CNC(=O)C2CCN(S(=O)(=O)c3ccccc3F)CC2)CC1. The Labute approximate surface area is 202 Å². The number of carbonyl (C=O) groups is 1. The number of carbonyl (C=O) groups excluding carboxylic acids is 1. The molecular formula is C26H34FN3O3S. The second kappa shape index (κ2) is 11.0. The van der Waals surface area contributed by atoms with Gasteiger partial charge in [-0.05, 0) is 68.0 Å². The summed E-state index contributed by atoms with van der Waals surface area (Å²) in [4.78, 5) is 15.0. The molecule has 0 aliphatic carbocycles. The van der Waals surface area contributed by atoms with Gasteiger partial charge in [-0.25, -0.2) is 12.8 Å². The van der Waals surface area contributed by atoms with Crippen LogP contribution in [0.4, 0.5) is 4.39 Å². The van der Waals surface area contributed by atoms with Crippen LogP contribution in [-0.4, -0.2) is 49.7 Å². The van der Waals surface area contributed by atoms with Crippen LogP contribution in [0.5, 0.6) is 0 Å². The standard InChI is InChI=1S/C26H34FN3O3S/c1-20-10-14-29(15-11-20)19-23-7-3-2-6-22(23)18-28-26(31)21-12-16-30(17-13-21)34(32,33)25-9-5-4-8-24(25)27/h2-9,20-21H,10-19H2,1H3,(H,28,31). The van der Waals surface area contributed by atoms with E-state index in [4.69, 9.17) is 0 Å². The van der Waals surface area contributed by atoms with E-state index in [2.05, 4.69) is 29.3 Å². The number of halogens is 1. The van der Waals surface area contributed by atoms with Crippen molar-refractivity contribution >= 4 is 15.9 Å². The highest BCUT2D eigenvalue weighted by Gasteiger charge is 2.33. The van der Waals surface area contributed by atoms with Gasteiger partial charge in [-0.3, -0.25) is 9.69 Å². The number of hydrogen-bond acceptors (Lipinski definition) is 4. The third-order valence-electron chi connectivity index (χ3n) is 7.12. The summed E-state index contributed by atoms with van der Waals surface area (Å²) >= 11 is 0. The second-order valence-electron chi connectivity index (χ2n) is 9.55. The minimum atomic E-state index is -3.90. The molecule has 4 rings (SSSR count). The Hall–Kier alpha value is -2.29. The van der Waals surface area contributed by atoms with Crippen LogP contribution in [0.1, 0.15) is 43.7 Å². The molecule has 6 nitrogen and oxygen atoms in total. The lowest BCUT2D eigenvalue weighted by Crippen LogP contribution is -2.43. The monoisotopic (exact) mass is 487 g/mol. The summed E-state index contributed by atoms with van der Waals surface area (Å²) in [6, 6.07) is 13.6. The summed E-state index contributed by atoms with van der Waals surface area (Å²) in [5, 5.41) is 3.06. The Balaban J connectivity index is 1.30. The summed E-state index contributed by atoms with van der Waals surface area (Å²) in [6.45, 7) is 6.29. The molecule has 2 aromatic rings. The van der Waals surface area contributed by atoms with Gasteiger partial charge in [0.25, 0.3) is 0 Å². The third-order valence-corrected chi connectivity index (χ3v) is 9.05. The van der Waals surface area contributed by atoms with Crippen LogP contribution in [0.15, 0.2) is 53.4 Å². The van der Waals surface area contributed by atoms with Gasteiger partial charge in [0.05, 0.1) is 0 Å². The summed E-state index contributed by atoms with van der Waals surface area (Å²) in [5.74, 6) is -0.258. The van der Waals surface area contributed by atoms with Gasteiger partial charge in [-0.1, -0.05) is 43.3 Å².